The Hall–Kier alpha value is -2.80. The molecule has 0 aliphatic heterocycles. The van der Waals surface area contributed by atoms with Crippen molar-refractivity contribution in [2.75, 3.05) is 25.0 Å². The van der Waals surface area contributed by atoms with Crippen LogP contribution in [0, 0.1) is 10.1 Å². The summed E-state index contributed by atoms with van der Waals surface area (Å²) in [6, 6.07) is 0.502. The summed E-state index contributed by atoms with van der Waals surface area (Å²) in [5.74, 6) is -2.92. The topological polar surface area (TPSA) is 106 Å². The van der Waals surface area contributed by atoms with Crippen LogP contribution < -0.4 is 15.4 Å². The predicted octanol–water partition coefficient (Wildman–Crippen LogP) is 2.31. The first-order chi connectivity index (χ1) is 12.1. The highest BCUT2D eigenvalue weighted by Gasteiger charge is 2.26. The lowest BCUT2D eigenvalue weighted by atomic mass is 10.2. The van der Waals surface area contributed by atoms with Crippen molar-refractivity contribution < 1.29 is 40.8 Å². The summed E-state index contributed by atoms with van der Waals surface area (Å²) in [6.07, 6.45) is -8.88. The number of carbonyl (C=O) groups is 1. The van der Waals surface area contributed by atoms with Crippen LogP contribution in [0.3, 0.4) is 0 Å². The third-order valence-corrected chi connectivity index (χ3v) is 2.60. The number of nitrogens with zero attached hydrogens (tertiary/aromatic N) is 2. The lowest BCUT2D eigenvalue weighted by molar-refractivity contribution is -0.384. The molecule has 1 aromatic heterocycles. The summed E-state index contributed by atoms with van der Waals surface area (Å²) in [7, 11) is 0. The molecule has 1 aromatic rings. The molecule has 0 radical (unpaired) electrons. The second-order valence-corrected chi connectivity index (χ2v) is 4.54. The minimum absolute atomic E-state index is 0.502. The minimum atomic E-state index is -3.01. The lowest BCUT2D eigenvalue weighted by Gasteiger charge is -2.13. The average Bonchev–Trinajstić information content (AvgIpc) is 2.55. The van der Waals surface area contributed by atoms with E-state index in [9.17, 15) is 41.3 Å². The summed E-state index contributed by atoms with van der Waals surface area (Å²) < 4.78 is 78.0. The largest absolute Gasteiger partial charge is 0.471 e. The highest BCUT2D eigenvalue weighted by Crippen LogP contribution is 2.29. The summed E-state index contributed by atoms with van der Waals surface area (Å²) in [5.41, 5.74) is -1.72. The number of hydrogen-bond donors (Lipinski definition) is 2. The fourth-order valence-corrected chi connectivity index (χ4v) is 1.61. The van der Waals surface area contributed by atoms with E-state index in [1.807, 2.05) is 5.32 Å². The fourth-order valence-electron chi connectivity index (χ4n) is 1.61. The molecule has 2 N–H and O–H groups in total. The standard InChI is InChI=1S/C12H12F6N4O4/c13-7(14)2-19-10-6(22(24)25)1-5(11(23)20-3-8(15)16)12(21-10)26-4-9(17)18/h1,7-9H,2-4H2,(H,19,21)(H,20,23). The number of hydrogen-bond acceptors (Lipinski definition) is 6. The molecule has 0 spiro atoms. The van der Waals surface area contributed by atoms with Gasteiger partial charge in [0.1, 0.15) is 5.56 Å². The monoisotopic (exact) mass is 390 g/mol. The van der Waals surface area contributed by atoms with Crippen LogP contribution in [0.2, 0.25) is 0 Å². The number of alkyl halides is 6. The summed E-state index contributed by atoms with van der Waals surface area (Å²) >= 11 is 0. The van der Waals surface area contributed by atoms with Gasteiger partial charge in [0.2, 0.25) is 11.7 Å². The molecule has 26 heavy (non-hydrogen) atoms. The molecule has 0 saturated heterocycles. The molecule has 1 rings (SSSR count). The third-order valence-electron chi connectivity index (χ3n) is 2.60. The van der Waals surface area contributed by atoms with Crippen LogP contribution in [0.15, 0.2) is 6.07 Å². The van der Waals surface area contributed by atoms with E-state index in [0.717, 1.165) is 0 Å². The van der Waals surface area contributed by atoms with Gasteiger partial charge in [-0.1, -0.05) is 0 Å². The Morgan fingerprint density at radius 2 is 1.77 bits per heavy atom. The SMILES string of the molecule is O=C(NCC(F)F)c1cc([N+](=O)[O-])c(NCC(F)F)nc1OCC(F)F. The van der Waals surface area contributed by atoms with Crippen LogP contribution >= 0.6 is 0 Å². The zero-order valence-electron chi connectivity index (χ0n) is 12.7. The highest BCUT2D eigenvalue weighted by molar-refractivity contribution is 5.97. The number of halogens is 6. The van der Waals surface area contributed by atoms with Crippen LogP contribution in [0.25, 0.3) is 0 Å². The van der Waals surface area contributed by atoms with Crippen molar-refractivity contribution in [2.24, 2.45) is 0 Å². The van der Waals surface area contributed by atoms with Crippen LogP contribution in [0.5, 0.6) is 5.88 Å². The highest BCUT2D eigenvalue weighted by atomic mass is 19.3. The van der Waals surface area contributed by atoms with Gasteiger partial charge in [-0.2, -0.15) is 4.98 Å². The number of aromatic nitrogens is 1. The molecule has 0 aliphatic carbocycles. The third kappa shape index (κ3) is 6.60. The molecular formula is C12H12F6N4O4. The van der Waals surface area contributed by atoms with E-state index in [2.05, 4.69) is 9.72 Å². The van der Waals surface area contributed by atoms with Crippen LogP contribution in [0.4, 0.5) is 37.8 Å². The molecule has 1 amide bonds. The van der Waals surface area contributed by atoms with Gasteiger partial charge < -0.3 is 15.4 Å². The first-order valence-electron chi connectivity index (χ1n) is 6.80. The van der Waals surface area contributed by atoms with Crippen molar-refractivity contribution >= 4 is 17.4 Å². The molecule has 0 atom stereocenters. The number of amides is 1. The quantitative estimate of drug-likeness (QED) is 0.361. The molecule has 0 aliphatic rings. The number of anilines is 1. The Labute approximate surface area is 141 Å². The Morgan fingerprint density at radius 1 is 1.15 bits per heavy atom. The molecule has 0 fully saturated rings. The van der Waals surface area contributed by atoms with Gasteiger partial charge >= 0.3 is 5.69 Å². The molecular weight excluding hydrogens is 378 g/mol. The maximum absolute atomic E-state index is 12.3. The predicted molar refractivity (Wildman–Crippen MR) is 75.2 cm³/mol. The number of carbonyl (C=O) groups excluding carboxylic acids is 1. The van der Waals surface area contributed by atoms with Crippen molar-refractivity contribution in [1.82, 2.24) is 10.3 Å². The molecule has 0 bridgehead atoms. The van der Waals surface area contributed by atoms with E-state index in [0.29, 0.717) is 6.07 Å². The Kier molecular flexibility index (Phi) is 7.86. The van der Waals surface area contributed by atoms with Gasteiger partial charge in [0.05, 0.1) is 18.0 Å². The maximum atomic E-state index is 12.3. The van der Waals surface area contributed by atoms with Gasteiger partial charge in [-0.3, -0.25) is 14.9 Å². The number of rotatable bonds is 10. The number of nitrogens with one attached hydrogen (secondary N) is 2. The van der Waals surface area contributed by atoms with Crippen LogP contribution in [0.1, 0.15) is 10.4 Å². The molecule has 0 aromatic carbocycles. The number of ether oxygens (including phenoxy) is 1. The van der Waals surface area contributed by atoms with Gasteiger partial charge in [0.15, 0.2) is 6.61 Å². The van der Waals surface area contributed by atoms with Crippen LogP contribution in [-0.4, -0.2) is 54.8 Å². The lowest BCUT2D eigenvalue weighted by Crippen LogP contribution is -2.29. The van der Waals surface area contributed by atoms with E-state index in [-0.39, 0.29) is 0 Å². The van der Waals surface area contributed by atoms with E-state index >= 15 is 0 Å². The number of pyridine rings is 1. The summed E-state index contributed by atoms with van der Waals surface area (Å²) in [4.78, 5) is 25.2. The second-order valence-electron chi connectivity index (χ2n) is 4.54. The Bertz CT molecular complexity index is 646. The molecule has 14 heteroatoms. The van der Waals surface area contributed by atoms with Crippen molar-refractivity contribution in [2.45, 2.75) is 19.3 Å². The molecule has 8 nitrogen and oxygen atoms in total. The second kappa shape index (κ2) is 9.62. The molecule has 146 valence electrons. The zero-order valence-corrected chi connectivity index (χ0v) is 12.7. The van der Waals surface area contributed by atoms with Crippen molar-refractivity contribution in [3.8, 4) is 5.88 Å². The first-order valence-corrected chi connectivity index (χ1v) is 6.80. The fraction of sp³-hybridized carbons (Fsp3) is 0.500. The van der Waals surface area contributed by atoms with Crippen LogP contribution in [-0.2, 0) is 0 Å². The van der Waals surface area contributed by atoms with E-state index in [1.54, 1.807) is 5.32 Å². The van der Waals surface area contributed by atoms with Gasteiger partial charge in [0.25, 0.3) is 25.2 Å². The first kappa shape index (κ1) is 21.2. The van der Waals surface area contributed by atoms with Crippen molar-refractivity contribution in [1.29, 1.82) is 0 Å². The number of nitro groups is 1. The molecule has 0 saturated carbocycles. The van der Waals surface area contributed by atoms with Gasteiger partial charge in [0, 0.05) is 6.07 Å². The van der Waals surface area contributed by atoms with Gasteiger partial charge in [-0.25, -0.2) is 26.3 Å². The Morgan fingerprint density at radius 3 is 2.27 bits per heavy atom. The maximum Gasteiger partial charge on any atom is 0.312 e. The van der Waals surface area contributed by atoms with E-state index < -0.39 is 72.8 Å². The minimum Gasteiger partial charge on any atom is -0.471 e. The van der Waals surface area contributed by atoms with Gasteiger partial charge in [-0.05, 0) is 0 Å². The molecule has 1 heterocycles. The summed E-state index contributed by atoms with van der Waals surface area (Å²) in [5, 5.41) is 14.6. The van der Waals surface area contributed by atoms with E-state index in [1.165, 1.54) is 0 Å². The molecule has 0 unspecified atom stereocenters. The van der Waals surface area contributed by atoms with Gasteiger partial charge in [-0.15, -0.1) is 0 Å². The Balaban J connectivity index is 3.27. The smallest absolute Gasteiger partial charge is 0.312 e. The van der Waals surface area contributed by atoms with E-state index in [4.69, 9.17) is 0 Å². The summed E-state index contributed by atoms with van der Waals surface area (Å²) in [6.45, 7) is -3.44. The van der Waals surface area contributed by atoms with Crippen molar-refractivity contribution in [3.05, 3.63) is 21.7 Å². The normalized spacial score (nSPS) is 11.1. The average molecular weight is 390 g/mol. The van der Waals surface area contributed by atoms with Crippen molar-refractivity contribution in [3.63, 3.8) is 0 Å². The zero-order chi connectivity index (χ0) is 19.9.